The monoisotopic (exact) mass is 301 g/mol. The molecule has 8 nitrogen and oxygen atoms in total. The van der Waals surface area contributed by atoms with E-state index in [1.54, 1.807) is 23.4 Å². The van der Waals surface area contributed by atoms with E-state index in [9.17, 15) is 4.79 Å². The lowest BCUT2D eigenvalue weighted by molar-refractivity contribution is -0.117. The maximum absolute atomic E-state index is 11.8. The summed E-state index contributed by atoms with van der Waals surface area (Å²) < 4.78 is 1.99. The molecule has 0 aliphatic carbocycles. The molecule has 0 saturated carbocycles. The van der Waals surface area contributed by atoms with Crippen LogP contribution < -0.4 is 4.90 Å². The molecule has 4 heterocycles. The molecule has 2 saturated heterocycles. The zero-order chi connectivity index (χ0) is 14.9. The Kier molecular flexibility index (Phi) is 3.38. The van der Waals surface area contributed by atoms with Gasteiger partial charge in [0, 0.05) is 38.8 Å². The van der Waals surface area contributed by atoms with Crippen LogP contribution in [0.4, 0.5) is 5.69 Å². The summed E-state index contributed by atoms with van der Waals surface area (Å²) >= 11 is 0. The average Bonchev–Trinajstić information content (AvgIpc) is 3.17. The zero-order valence-electron chi connectivity index (χ0n) is 12.4. The number of aromatic nitrogens is 5. The molecule has 2 aliphatic heterocycles. The topological polar surface area (TPSA) is 72.1 Å². The van der Waals surface area contributed by atoms with Crippen LogP contribution in [0.5, 0.6) is 0 Å². The zero-order valence-corrected chi connectivity index (χ0v) is 12.4. The van der Waals surface area contributed by atoms with E-state index in [-0.39, 0.29) is 5.91 Å². The van der Waals surface area contributed by atoms with Crippen LogP contribution in [0.3, 0.4) is 0 Å². The first kappa shape index (κ1) is 13.4. The van der Waals surface area contributed by atoms with Crippen molar-refractivity contribution >= 4 is 11.6 Å². The molecule has 8 heteroatoms. The number of rotatable bonds is 5. The fourth-order valence-electron chi connectivity index (χ4n) is 3.07. The summed E-state index contributed by atoms with van der Waals surface area (Å²) in [7, 11) is 0. The van der Waals surface area contributed by atoms with Crippen LogP contribution in [0.15, 0.2) is 24.8 Å². The second-order valence-electron chi connectivity index (χ2n) is 5.87. The maximum Gasteiger partial charge on any atom is 0.227 e. The third kappa shape index (κ3) is 2.50. The molecular formula is C14H19N7O. The van der Waals surface area contributed by atoms with E-state index >= 15 is 0 Å². The number of likely N-dealkylation sites (tertiary alicyclic amines) is 1. The van der Waals surface area contributed by atoms with Crippen molar-refractivity contribution in [1.29, 1.82) is 0 Å². The number of carbonyl (C=O) groups excluding carboxylic acids is 1. The van der Waals surface area contributed by atoms with Gasteiger partial charge in [-0.2, -0.15) is 20.1 Å². The highest BCUT2D eigenvalue weighted by Gasteiger charge is 2.30. The first-order chi connectivity index (χ1) is 10.8. The fraction of sp³-hybridized carbons (Fsp3) is 0.571. The second kappa shape index (κ2) is 5.53. The highest BCUT2D eigenvalue weighted by atomic mass is 16.2. The molecule has 2 fully saturated rings. The third-order valence-corrected chi connectivity index (χ3v) is 4.37. The molecule has 116 valence electrons. The van der Waals surface area contributed by atoms with Gasteiger partial charge in [-0.15, -0.1) is 0 Å². The van der Waals surface area contributed by atoms with Crippen LogP contribution in [0, 0.1) is 0 Å². The predicted molar refractivity (Wildman–Crippen MR) is 79.3 cm³/mol. The molecule has 2 aromatic heterocycles. The molecule has 2 aliphatic rings. The van der Waals surface area contributed by atoms with Gasteiger partial charge < -0.3 is 4.90 Å². The Hall–Kier alpha value is -2.22. The van der Waals surface area contributed by atoms with Crippen molar-refractivity contribution in [3.63, 3.8) is 0 Å². The Balaban J connectivity index is 1.29. The van der Waals surface area contributed by atoms with Gasteiger partial charge in [0.2, 0.25) is 5.91 Å². The van der Waals surface area contributed by atoms with E-state index < -0.39 is 0 Å². The Morgan fingerprint density at radius 1 is 1.14 bits per heavy atom. The SMILES string of the molecule is O=C1CCCN1c1cnn(C2CN(CCn3nccn3)C2)c1. The van der Waals surface area contributed by atoms with Crippen LogP contribution in [-0.4, -0.2) is 61.8 Å². The standard InChI is InChI=1S/C14H19N7O/c22-14-2-1-5-19(14)12-8-17-20(11-12)13-9-18(10-13)6-7-21-15-3-4-16-21/h3-4,8,11,13H,1-2,5-7,9-10H2. The normalized spacial score (nSPS) is 19.8. The molecule has 0 bridgehead atoms. The van der Waals surface area contributed by atoms with E-state index in [0.717, 1.165) is 44.8 Å². The van der Waals surface area contributed by atoms with Gasteiger partial charge in [0.25, 0.3) is 0 Å². The van der Waals surface area contributed by atoms with Gasteiger partial charge in [0.1, 0.15) is 0 Å². The second-order valence-corrected chi connectivity index (χ2v) is 5.87. The molecule has 0 atom stereocenters. The molecule has 2 aromatic rings. The van der Waals surface area contributed by atoms with Gasteiger partial charge in [-0.3, -0.25) is 14.4 Å². The van der Waals surface area contributed by atoms with Crippen LogP contribution in [-0.2, 0) is 11.3 Å². The van der Waals surface area contributed by atoms with Crippen LogP contribution in [0.25, 0.3) is 0 Å². The Bertz CT molecular complexity index is 644. The highest BCUT2D eigenvalue weighted by Crippen LogP contribution is 2.25. The Morgan fingerprint density at radius 2 is 1.95 bits per heavy atom. The summed E-state index contributed by atoms with van der Waals surface area (Å²) in [6.07, 6.45) is 8.81. The van der Waals surface area contributed by atoms with Crippen molar-refractivity contribution in [2.45, 2.75) is 25.4 Å². The largest absolute Gasteiger partial charge is 0.309 e. The maximum atomic E-state index is 11.8. The lowest BCUT2D eigenvalue weighted by atomic mass is 10.1. The lowest BCUT2D eigenvalue weighted by Crippen LogP contribution is -2.49. The summed E-state index contributed by atoms with van der Waals surface area (Å²) in [5.41, 5.74) is 0.932. The van der Waals surface area contributed by atoms with Gasteiger partial charge in [0.15, 0.2) is 0 Å². The number of hydrogen-bond acceptors (Lipinski definition) is 5. The van der Waals surface area contributed by atoms with Gasteiger partial charge in [-0.25, -0.2) is 0 Å². The minimum absolute atomic E-state index is 0.210. The molecule has 1 amide bonds. The molecule has 0 aromatic carbocycles. The highest BCUT2D eigenvalue weighted by molar-refractivity contribution is 5.95. The van der Waals surface area contributed by atoms with E-state index in [2.05, 4.69) is 20.2 Å². The summed E-state index contributed by atoms with van der Waals surface area (Å²) in [5.74, 6) is 0.210. The predicted octanol–water partition coefficient (Wildman–Crippen LogP) is 0.158. The van der Waals surface area contributed by atoms with E-state index in [1.165, 1.54) is 0 Å². The van der Waals surface area contributed by atoms with Crippen molar-refractivity contribution in [2.75, 3.05) is 31.1 Å². The molecule has 0 unspecified atom stereocenters. The quantitative estimate of drug-likeness (QED) is 0.786. The molecular weight excluding hydrogens is 282 g/mol. The Morgan fingerprint density at radius 3 is 2.68 bits per heavy atom. The summed E-state index contributed by atoms with van der Waals surface area (Å²) in [4.78, 5) is 17.7. The van der Waals surface area contributed by atoms with E-state index in [1.807, 2.05) is 15.8 Å². The molecule has 0 N–H and O–H groups in total. The van der Waals surface area contributed by atoms with E-state index in [0.29, 0.717) is 12.5 Å². The number of carbonyl (C=O) groups is 1. The number of anilines is 1. The minimum Gasteiger partial charge on any atom is -0.309 e. The lowest BCUT2D eigenvalue weighted by Gasteiger charge is -2.39. The molecule has 22 heavy (non-hydrogen) atoms. The molecule has 0 spiro atoms. The smallest absolute Gasteiger partial charge is 0.227 e. The van der Waals surface area contributed by atoms with Crippen molar-refractivity contribution < 1.29 is 4.79 Å². The third-order valence-electron chi connectivity index (χ3n) is 4.37. The van der Waals surface area contributed by atoms with Crippen LogP contribution in [0.1, 0.15) is 18.9 Å². The van der Waals surface area contributed by atoms with E-state index in [4.69, 9.17) is 0 Å². The van der Waals surface area contributed by atoms with Crippen LogP contribution >= 0.6 is 0 Å². The van der Waals surface area contributed by atoms with Gasteiger partial charge in [0.05, 0.1) is 36.9 Å². The van der Waals surface area contributed by atoms with Gasteiger partial charge in [-0.05, 0) is 6.42 Å². The Labute approximate surface area is 128 Å². The summed E-state index contributed by atoms with van der Waals surface area (Å²) in [6.45, 7) is 4.54. The molecule has 0 radical (unpaired) electrons. The van der Waals surface area contributed by atoms with Gasteiger partial charge >= 0.3 is 0 Å². The van der Waals surface area contributed by atoms with Crippen molar-refractivity contribution in [2.24, 2.45) is 0 Å². The van der Waals surface area contributed by atoms with Crippen molar-refractivity contribution in [1.82, 2.24) is 29.7 Å². The number of nitrogens with zero attached hydrogens (tertiary/aromatic N) is 7. The summed E-state index contributed by atoms with van der Waals surface area (Å²) in [5, 5.41) is 12.6. The number of amides is 1. The minimum atomic E-state index is 0.210. The fourth-order valence-corrected chi connectivity index (χ4v) is 3.07. The first-order valence-electron chi connectivity index (χ1n) is 7.70. The van der Waals surface area contributed by atoms with Crippen molar-refractivity contribution in [3.05, 3.63) is 24.8 Å². The van der Waals surface area contributed by atoms with Crippen LogP contribution in [0.2, 0.25) is 0 Å². The summed E-state index contributed by atoms with van der Waals surface area (Å²) in [6, 6.07) is 0.400. The molecule has 4 rings (SSSR count). The average molecular weight is 301 g/mol. The van der Waals surface area contributed by atoms with Crippen molar-refractivity contribution in [3.8, 4) is 0 Å². The first-order valence-corrected chi connectivity index (χ1v) is 7.70. The number of hydrogen-bond donors (Lipinski definition) is 0. The van der Waals surface area contributed by atoms with Gasteiger partial charge in [-0.1, -0.05) is 0 Å².